The largest absolute Gasteiger partial charge is 0.352 e. The Balaban J connectivity index is 0.00000385. The second-order valence-corrected chi connectivity index (χ2v) is 8.52. The van der Waals surface area contributed by atoms with Gasteiger partial charge in [0.1, 0.15) is 0 Å². The number of rotatable bonds is 8. The van der Waals surface area contributed by atoms with Crippen molar-refractivity contribution in [3.8, 4) is 5.69 Å². The van der Waals surface area contributed by atoms with Crippen molar-refractivity contribution in [2.45, 2.75) is 53.4 Å². The Hall–Kier alpha value is -2.39. The lowest BCUT2D eigenvalue weighted by Crippen LogP contribution is -2.37. The molecule has 1 aromatic heterocycles. The molecule has 0 unspecified atom stereocenters. The third-order valence-electron chi connectivity index (χ3n) is 5.77. The minimum absolute atomic E-state index is 0. The lowest BCUT2D eigenvalue weighted by atomic mass is 10.1. The molecule has 3 rings (SSSR count). The van der Waals surface area contributed by atoms with E-state index < -0.39 is 0 Å². The zero-order chi connectivity index (χ0) is 23.1. The van der Waals surface area contributed by atoms with Crippen LogP contribution in [0.15, 0.2) is 59.6 Å². The predicted molar refractivity (Wildman–Crippen MR) is 149 cm³/mol. The molecule has 2 aromatic carbocycles. The number of benzene rings is 2. The van der Waals surface area contributed by atoms with Crippen LogP contribution in [0.2, 0.25) is 0 Å². The number of halogens is 1. The van der Waals surface area contributed by atoms with Gasteiger partial charge in [0.05, 0.1) is 11.4 Å². The van der Waals surface area contributed by atoms with Gasteiger partial charge in [0.2, 0.25) is 0 Å². The van der Waals surface area contributed by atoms with Crippen molar-refractivity contribution in [3.05, 3.63) is 82.7 Å². The SMILES string of the molecule is CN=C(NCc1ccccc1CN(C)C(C)C)NCc1ccccc1-n1nc(C)cc1C.I. The maximum atomic E-state index is 4.65. The molecule has 0 aliphatic carbocycles. The molecule has 0 amide bonds. The number of aliphatic imine (C=N–C) groups is 1. The minimum atomic E-state index is 0. The average Bonchev–Trinajstić information content (AvgIpc) is 3.12. The third-order valence-corrected chi connectivity index (χ3v) is 5.77. The summed E-state index contributed by atoms with van der Waals surface area (Å²) in [6.45, 7) is 10.9. The smallest absolute Gasteiger partial charge is 0.191 e. The number of hydrogen-bond acceptors (Lipinski definition) is 3. The molecule has 0 fully saturated rings. The van der Waals surface area contributed by atoms with Crippen LogP contribution in [0.25, 0.3) is 5.69 Å². The third kappa shape index (κ3) is 7.30. The van der Waals surface area contributed by atoms with Gasteiger partial charge in [-0.3, -0.25) is 9.89 Å². The Morgan fingerprint density at radius 3 is 2.12 bits per heavy atom. The van der Waals surface area contributed by atoms with Gasteiger partial charge < -0.3 is 10.6 Å². The lowest BCUT2D eigenvalue weighted by Gasteiger charge is -2.23. The van der Waals surface area contributed by atoms with Crippen molar-refractivity contribution in [3.63, 3.8) is 0 Å². The van der Waals surface area contributed by atoms with Crippen molar-refractivity contribution in [2.24, 2.45) is 4.99 Å². The Labute approximate surface area is 215 Å². The molecule has 0 radical (unpaired) electrons. The highest BCUT2D eigenvalue weighted by atomic mass is 127. The Bertz CT molecular complexity index is 1060. The fourth-order valence-corrected chi connectivity index (χ4v) is 3.65. The average molecular weight is 561 g/mol. The van der Waals surface area contributed by atoms with E-state index in [0.29, 0.717) is 12.6 Å². The summed E-state index contributed by atoms with van der Waals surface area (Å²) in [5.41, 5.74) is 7.01. The Morgan fingerprint density at radius 2 is 1.55 bits per heavy atom. The van der Waals surface area contributed by atoms with Crippen LogP contribution in [0.5, 0.6) is 0 Å². The summed E-state index contributed by atoms with van der Waals surface area (Å²) in [6, 6.07) is 19.5. The summed E-state index contributed by atoms with van der Waals surface area (Å²) in [4.78, 5) is 6.77. The molecule has 0 saturated heterocycles. The molecule has 0 atom stereocenters. The topological polar surface area (TPSA) is 57.5 Å². The molecule has 178 valence electrons. The number of nitrogens with zero attached hydrogens (tertiary/aromatic N) is 4. The number of para-hydroxylation sites is 1. The highest BCUT2D eigenvalue weighted by molar-refractivity contribution is 14.0. The Kier molecular flexibility index (Phi) is 10.4. The van der Waals surface area contributed by atoms with Gasteiger partial charge in [-0.1, -0.05) is 42.5 Å². The summed E-state index contributed by atoms with van der Waals surface area (Å²) >= 11 is 0. The number of hydrogen-bond donors (Lipinski definition) is 2. The van der Waals surface area contributed by atoms with Crippen LogP contribution in [-0.4, -0.2) is 40.8 Å². The van der Waals surface area contributed by atoms with Crippen molar-refractivity contribution in [1.29, 1.82) is 0 Å². The van der Waals surface area contributed by atoms with Crippen LogP contribution in [0, 0.1) is 13.8 Å². The molecule has 1 heterocycles. The van der Waals surface area contributed by atoms with E-state index in [1.54, 1.807) is 7.05 Å². The zero-order valence-corrected chi connectivity index (χ0v) is 22.9. The molecule has 2 N–H and O–H groups in total. The first-order chi connectivity index (χ1) is 15.4. The van der Waals surface area contributed by atoms with E-state index in [1.807, 2.05) is 17.7 Å². The van der Waals surface area contributed by atoms with Crippen LogP contribution < -0.4 is 10.6 Å². The maximum Gasteiger partial charge on any atom is 0.191 e. The van der Waals surface area contributed by atoms with E-state index in [4.69, 9.17) is 0 Å². The first kappa shape index (κ1) is 26.9. The number of nitrogens with one attached hydrogen (secondary N) is 2. The van der Waals surface area contributed by atoms with Crippen LogP contribution in [0.3, 0.4) is 0 Å². The summed E-state index contributed by atoms with van der Waals surface area (Å²) in [5, 5.41) is 11.6. The first-order valence-corrected chi connectivity index (χ1v) is 11.2. The van der Waals surface area contributed by atoms with Gasteiger partial charge in [0, 0.05) is 38.4 Å². The summed E-state index contributed by atoms with van der Waals surface area (Å²) in [5.74, 6) is 0.778. The van der Waals surface area contributed by atoms with Crippen LogP contribution >= 0.6 is 24.0 Å². The van der Waals surface area contributed by atoms with E-state index in [-0.39, 0.29) is 24.0 Å². The van der Waals surface area contributed by atoms with Crippen molar-refractivity contribution >= 4 is 29.9 Å². The van der Waals surface area contributed by atoms with Gasteiger partial charge in [-0.2, -0.15) is 5.10 Å². The normalized spacial score (nSPS) is 11.6. The second-order valence-electron chi connectivity index (χ2n) is 8.52. The molecule has 3 aromatic rings. The number of aryl methyl sites for hydroxylation is 2. The van der Waals surface area contributed by atoms with Gasteiger partial charge in [-0.25, -0.2) is 4.68 Å². The van der Waals surface area contributed by atoms with E-state index in [1.165, 1.54) is 16.7 Å². The van der Waals surface area contributed by atoms with Gasteiger partial charge >= 0.3 is 0 Å². The van der Waals surface area contributed by atoms with E-state index in [0.717, 1.165) is 36.1 Å². The minimum Gasteiger partial charge on any atom is -0.352 e. The molecule has 0 bridgehead atoms. The molecule has 0 aliphatic rings. The second kappa shape index (κ2) is 12.7. The highest BCUT2D eigenvalue weighted by Gasteiger charge is 2.11. The maximum absolute atomic E-state index is 4.65. The van der Waals surface area contributed by atoms with Crippen molar-refractivity contribution < 1.29 is 0 Å². The zero-order valence-electron chi connectivity index (χ0n) is 20.6. The summed E-state index contributed by atoms with van der Waals surface area (Å²) in [6.07, 6.45) is 0. The fraction of sp³-hybridized carbons (Fsp3) is 0.385. The molecule has 0 aliphatic heterocycles. The quantitative estimate of drug-likeness (QED) is 0.236. The standard InChI is InChI=1S/C26H36N6.HI/c1-19(2)31(6)18-24-13-8-7-11-22(24)16-28-26(27-5)29-17-23-12-9-10-14-25(23)32-21(4)15-20(3)30-32;/h7-15,19H,16-18H2,1-6H3,(H2,27,28,29);1H. The number of guanidine groups is 1. The molecular weight excluding hydrogens is 523 g/mol. The molecule has 6 nitrogen and oxygen atoms in total. The monoisotopic (exact) mass is 560 g/mol. The van der Waals surface area contributed by atoms with Gasteiger partial charge in [-0.05, 0) is 63.6 Å². The number of aromatic nitrogens is 2. The highest BCUT2D eigenvalue weighted by Crippen LogP contribution is 2.17. The lowest BCUT2D eigenvalue weighted by molar-refractivity contribution is 0.265. The van der Waals surface area contributed by atoms with E-state index in [9.17, 15) is 0 Å². The molecule has 0 spiro atoms. The summed E-state index contributed by atoms with van der Waals surface area (Å²) < 4.78 is 2.00. The summed E-state index contributed by atoms with van der Waals surface area (Å²) in [7, 11) is 3.97. The van der Waals surface area contributed by atoms with E-state index in [2.05, 4.69) is 102 Å². The van der Waals surface area contributed by atoms with Crippen LogP contribution in [0.1, 0.15) is 41.9 Å². The van der Waals surface area contributed by atoms with Gasteiger partial charge in [-0.15, -0.1) is 24.0 Å². The van der Waals surface area contributed by atoms with Crippen molar-refractivity contribution in [2.75, 3.05) is 14.1 Å². The molecule has 7 heteroatoms. The predicted octanol–water partition coefficient (Wildman–Crippen LogP) is 4.81. The fourth-order valence-electron chi connectivity index (χ4n) is 3.65. The van der Waals surface area contributed by atoms with Crippen LogP contribution in [0.4, 0.5) is 0 Å². The van der Waals surface area contributed by atoms with Gasteiger partial charge in [0.25, 0.3) is 0 Å². The Morgan fingerprint density at radius 1 is 0.970 bits per heavy atom. The van der Waals surface area contributed by atoms with Crippen LogP contribution in [-0.2, 0) is 19.6 Å². The molecule has 0 saturated carbocycles. The molecular formula is C26H37IN6. The van der Waals surface area contributed by atoms with Crippen molar-refractivity contribution in [1.82, 2.24) is 25.3 Å². The molecule has 33 heavy (non-hydrogen) atoms. The van der Waals surface area contributed by atoms with E-state index >= 15 is 0 Å². The first-order valence-electron chi connectivity index (χ1n) is 11.2. The van der Waals surface area contributed by atoms with Gasteiger partial charge in [0.15, 0.2) is 5.96 Å².